The molecular formula is C34H41NO18. The molecular weight excluding hydrogens is 710 g/mol. The first-order chi connectivity index (χ1) is 24.7. The number of carboxylic acid groups (broad SMARTS) is 3. The number of Topliss-reactive ketones (excluding diaryl/α,β-unsaturated/α-hetero) is 1. The summed E-state index contributed by atoms with van der Waals surface area (Å²) in [5.41, 5.74) is -1.49. The summed E-state index contributed by atoms with van der Waals surface area (Å²) in [6, 6.07) is 2.64. The zero-order valence-corrected chi connectivity index (χ0v) is 29.1. The molecule has 0 radical (unpaired) electrons. The average molecular weight is 752 g/mol. The summed E-state index contributed by atoms with van der Waals surface area (Å²) in [5, 5.41) is 69.9. The van der Waals surface area contributed by atoms with Crippen LogP contribution < -0.4 is 4.74 Å². The maximum atomic E-state index is 13.5. The van der Waals surface area contributed by atoms with Crippen molar-refractivity contribution < 1.29 is 88.3 Å². The van der Waals surface area contributed by atoms with Crippen LogP contribution in [0.1, 0.15) is 57.1 Å². The van der Waals surface area contributed by atoms with Crippen molar-refractivity contribution in [3.63, 3.8) is 0 Å². The molecule has 0 saturated carbocycles. The molecule has 1 saturated heterocycles. The molecule has 0 bridgehead atoms. The van der Waals surface area contributed by atoms with Crippen molar-refractivity contribution in [2.75, 3.05) is 13.6 Å². The number of carbonyl (C=O) groups is 7. The lowest BCUT2D eigenvalue weighted by Gasteiger charge is -2.58. The molecule has 53 heavy (non-hydrogen) atoms. The van der Waals surface area contributed by atoms with E-state index >= 15 is 0 Å². The second-order valence-electron chi connectivity index (χ2n) is 13.4. The van der Waals surface area contributed by atoms with Gasteiger partial charge in [0.25, 0.3) is 0 Å². The number of aliphatic carboxylic acids is 3. The van der Waals surface area contributed by atoms with Gasteiger partial charge in [0.05, 0.1) is 29.8 Å². The Bertz CT molecular complexity index is 1720. The third-order valence-electron chi connectivity index (χ3n) is 10.2. The SMILES string of the molecule is Cc1ccc(O)c2c1[C@]13CCN(C)[C@H](C)[C@]1(O)CC=C(OC(=O)C[C@H](CC(=O)[C@H](O)[C@@H](O)C(=O)O)C(=O)O[C@@H](C)C(=O)O[C@@H](CC(=O)O)C(=O)O)[C@@H]3O2. The van der Waals surface area contributed by atoms with E-state index in [9.17, 15) is 54.0 Å². The number of fused-ring (bicyclic) bond motifs is 1. The van der Waals surface area contributed by atoms with Gasteiger partial charge in [-0.1, -0.05) is 6.07 Å². The van der Waals surface area contributed by atoms with Gasteiger partial charge in [-0.3, -0.25) is 19.2 Å². The molecule has 1 spiro atoms. The first-order valence-electron chi connectivity index (χ1n) is 16.5. The van der Waals surface area contributed by atoms with Gasteiger partial charge in [-0.15, -0.1) is 0 Å². The Morgan fingerprint density at radius 1 is 0.962 bits per heavy atom. The summed E-state index contributed by atoms with van der Waals surface area (Å²) in [6.07, 6.45) is -12.0. The summed E-state index contributed by atoms with van der Waals surface area (Å²) in [7, 11) is 1.84. The van der Waals surface area contributed by atoms with Crippen LogP contribution in [0.4, 0.5) is 0 Å². The van der Waals surface area contributed by atoms with Crippen molar-refractivity contribution in [2.24, 2.45) is 5.92 Å². The molecule has 0 aromatic heterocycles. The van der Waals surface area contributed by atoms with Gasteiger partial charge in [-0.05, 0) is 58.5 Å². The normalized spacial score (nSPS) is 26.1. The molecule has 9 atom stereocenters. The number of phenols is 1. The molecule has 0 amide bonds. The summed E-state index contributed by atoms with van der Waals surface area (Å²) in [5.74, 6) is -13.1. The number of aliphatic hydroxyl groups excluding tert-OH is 2. The quantitative estimate of drug-likeness (QED) is 0.0849. The summed E-state index contributed by atoms with van der Waals surface area (Å²) in [4.78, 5) is 87.5. The van der Waals surface area contributed by atoms with Crippen LogP contribution in [0.3, 0.4) is 0 Å². The number of phenolic OH excluding ortho intramolecular Hbond substituents is 1. The average Bonchev–Trinajstić information content (AvgIpc) is 3.45. The number of hydrogen-bond acceptors (Lipinski definition) is 16. The van der Waals surface area contributed by atoms with Crippen molar-refractivity contribution in [1.29, 1.82) is 0 Å². The van der Waals surface area contributed by atoms with Crippen LogP contribution in [0.2, 0.25) is 0 Å². The predicted octanol–water partition coefficient (Wildman–Crippen LogP) is -0.840. The number of likely N-dealkylation sites (N-methyl/N-ethyl adjacent to an activating group) is 1. The van der Waals surface area contributed by atoms with Crippen LogP contribution in [0.15, 0.2) is 24.0 Å². The Balaban J connectivity index is 1.61. The molecule has 1 aromatic carbocycles. The molecule has 1 aliphatic carbocycles. The number of esters is 3. The van der Waals surface area contributed by atoms with Gasteiger partial charge in [-0.2, -0.15) is 0 Å². The molecule has 4 rings (SSSR count). The standard InChI is InChI=1S/C34H41NO18/c1-14-5-6-18(36)27-24(14)33-9-10-35(4)16(3)34(33,49)8-7-20(28(33)53-27)51-23(40)12-17(11-19(37)25(41)26(42)30(45)46)32(48)50-15(2)31(47)52-21(29(43)44)13-22(38)39/h5-7,15-17,21,25-26,28,36,41-42,49H,8-13H2,1-4H3,(H,38,39)(H,43,44)(H,45,46)/t15-,16+,17-,21-,25-,26+,28-,33-,34+/m0/s1. The van der Waals surface area contributed by atoms with E-state index in [2.05, 4.69) is 4.74 Å². The summed E-state index contributed by atoms with van der Waals surface area (Å²) in [6.45, 7) is 5.00. The number of rotatable bonds is 15. The van der Waals surface area contributed by atoms with Crippen molar-refractivity contribution in [2.45, 2.75) is 100 Å². The highest BCUT2D eigenvalue weighted by Gasteiger charge is 2.69. The summed E-state index contributed by atoms with van der Waals surface area (Å²) < 4.78 is 21.5. The second-order valence-corrected chi connectivity index (χ2v) is 13.4. The van der Waals surface area contributed by atoms with Gasteiger partial charge >= 0.3 is 35.8 Å². The number of aryl methyl sites for hydroxylation is 1. The van der Waals surface area contributed by atoms with Crippen LogP contribution in [0, 0.1) is 12.8 Å². The van der Waals surface area contributed by atoms with Crippen molar-refractivity contribution in [1.82, 2.24) is 4.90 Å². The number of ketones is 1. The van der Waals surface area contributed by atoms with E-state index in [0.717, 1.165) is 6.92 Å². The lowest BCUT2D eigenvalue weighted by molar-refractivity contribution is -0.180. The number of aliphatic hydroxyl groups is 3. The Morgan fingerprint density at radius 3 is 2.23 bits per heavy atom. The van der Waals surface area contributed by atoms with E-state index in [1.54, 1.807) is 13.0 Å². The van der Waals surface area contributed by atoms with E-state index in [1.807, 2.05) is 18.9 Å². The molecule has 19 nitrogen and oxygen atoms in total. The first kappa shape index (κ1) is 40.7. The molecule has 1 fully saturated rings. The number of hydrogen-bond donors (Lipinski definition) is 7. The van der Waals surface area contributed by atoms with E-state index < -0.39 is 114 Å². The maximum Gasteiger partial charge on any atom is 0.348 e. The van der Waals surface area contributed by atoms with Gasteiger partial charge in [-0.25, -0.2) is 14.4 Å². The molecule has 2 aliphatic heterocycles. The zero-order valence-electron chi connectivity index (χ0n) is 29.1. The van der Waals surface area contributed by atoms with Crippen LogP contribution in [-0.2, 0) is 53.2 Å². The number of carboxylic acids is 3. The van der Waals surface area contributed by atoms with Gasteiger partial charge in [0.2, 0.25) is 6.10 Å². The topological polar surface area (TPSA) is 301 Å². The number of benzene rings is 1. The molecule has 0 unspecified atom stereocenters. The maximum absolute atomic E-state index is 13.5. The number of ether oxygens (including phenoxy) is 4. The fraction of sp³-hybridized carbons (Fsp3) is 0.559. The lowest BCUT2D eigenvalue weighted by atomic mass is 9.54. The largest absolute Gasteiger partial charge is 0.504 e. The van der Waals surface area contributed by atoms with E-state index in [0.29, 0.717) is 24.1 Å². The van der Waals surface area contributed by atoms with Crippen LogP contribution in [0.25, 0.3) is 0 Å². The minimum atomic E-state index is -2.61. The van der Waals surface area contributed by atoms with Crippen LogP contribution in [0.5, 0.6) is 11.5 Å². The van der Waals surface area contributed by atoms with Gasteiger partial charge in [0.1, 0.15) is 11.9 Å². The molecule has 3 aliphatic rings. The van der Waals surface area contributed by atoms with Crippen LogP contribution >= 0.6 is 0 Å². The van der Waals surface area contributed by atoms with Crippen molar-refractivity contribution in [3.8, 4) is 11.5 Å². The number of likely N-dealkylation sites (tertiary alicyclic amines) is 1. The number of carbonyl (C=O) groups excluding carboxylic acids is 4. The number of nitrogens with zero attached hydrogens (tertiary/aromatic N) is 1. The molecule has 19 heteroatoms. The fourth-order valence-corrected chi connectivity index (χ4v) is 7.19. The molecule has 7 N–H and O–H groups in total. The Labute approximate surface area is 301 Å². The second kappa shape index (κ2) is 15.5. The van der Waals surface area contributed by atoms with E-state index in [4.69, 9.17) is 29.5 Å². The third-order valence-corrected chi connectivity index (χ3v) is 10.2. The number of piperidine rings is 1. The highest BCUT2D eigenvalue weighted by atomic mass is 16.6. The van der Waals surface area contributed by atoms with Crippen molar-refractivity contribution >= 4 is 41.6 Å². The number of aromatic hydroxyl groups is 1. The van der Waals surface area contributed by atoms with E-state index in [1.165, 1.54) is 12.1 Å². The highest BCUT2D eigenvalue weighted by molar-refractivity contribution is 5.93. The van der Waals surface area contributed by atoms with Gasteiger partial charge in [0.15, 0.2) is 35.6 Å². The summed E-state index contributed by atoms with van der Waals surface area (Å²) >= 11 is 0. The Hall–Kier alpha value is -5.11. The molecule has 1 aromatic rings. The Kier molecular flexibility index (Phi) is 11.9. The molecule has 2 heterocycles. The van der Waals surface area contributed by atoms with E-state index in [-0.39, 0.29) is 23.7 Å². The minimum Gasteiger partial charge on any atom is -0.504 e. The first-order valence-corrected chi connectivity index (χ1v) is 16.5. The Morgan fingerprint density at radius 2 is 1.62 bits per heavy atom. The highest BCUT2D eigenvalue weighted by Crippen LogP contribution is 2.62. The van der Waals surface area contributed by atoms with Gasteiger partial charge in [0, 0.05) is 24.4 Å². The minimum absolute atomic E-state index is 0.0441. The third kappa shape index (κ3) is 7.68. The predicted molar refractivity (Wildman–Crippen MR) is 172 cm³/mol. The molecule has 290 valence electrons. The monoisotopic (exact) mass is 751 g/mol. The smallest absolute Gasteiger partial charge is 0.348 e. The van der Waals surface area contributed by atoms with Gasteiger partial charge < -0.3 is 59.6 Å². The van der Waals surface area contributed by atoms with Crippen LogP contribution in [-0.4, -0.2) is 138 Å². The zero-order chi connectivity index (χ0) is 39.7. The lowest BCUT2D eigenvalue weighted by Crippen LogP contribution is -2.71. The fourth-order valence-electron chi connectivity index (χ4n) is 7.19. The van der Waals surface area contributed by atoms with Crippen molar-refractivity contribution in [3.05, 3.63) is 35.1 Å².